The zero-order chi connectivity index (χ0) is 10.9. The summed E-state index contributed by atoms with van der Waals surface area (Å²) < 4.78 is 22.0. The largest absolute Gasteiger partial charge is 0.497 e. The molecule has 3 heteroatoms. The first kappa shape index (κ1) is 11.7. The Morgan fingerprint density at radius 1 is 1.20 bits per heavy atom. The van der Waals surface area contributed by atoms with Crippen LogP contribution in [0.25, 0.3) is 0 Å². The summed E-state index contributed by atoms with van der Waals surface area (Å²) in [6, 6.07) is 7.65. The molecule has 0 aliphatic carbocycles. The summed E-state index contributed by atoms with van der Waals surface area (Å²) in [5.41, 5.74) is 1.07. The molecular formula is C12H15FO2. The zero-order valence-corrected chi connectivity index (χ0v) is 8.78. The third-order valence-corrected chi connectivity index (χ3v) is 1.90. The Kier molecular flexibility index (Phi) is 5.48. The van der Waals surface area contributed by atoms with E-state index in [9.17, 15) is 4.39 Å². The van der Waals surface area contributed by atoms with E-state index in [4.69, 9.17) is 9.47 Å². The molecule has 0 aliphatic rings. The van der Waals surface area contributed by atoms with Gasteiger partial charge in [-0.3, -0.25) is 0 Å². The summed E-state index contributed by atoms with van der Waals surface area (Å²) in [4.78, 5) is 0. The van der Waals surface area contributed by atoms with Crippen LogP contribution in [0, 0.1) is 0 Å². The van der Waals surface area contributed by atoms with Crippen molar-refractivity contribution >= 4 is 0 Å². The second-order valence-corrected chi connectivity index (χ2v) is 2.99. The second kappa shape index (κ2) is 7.01. The fraction of sp³-hybridized carbons (Fsp3) is 0.333. The van der Waals surface area contributed by atoms with Gasteiger partial charge in [-0.25, -0.2) is 4.39 Å². The van der Waals surface area contributed by atoms with E-state index in [0.29, 0.717) is 13.2 Å². The van der Waals surface area contributed by atoms with Crippen LogP contribution in [-0.2, 0) is 11.3 Å². The van der Waals surface area contributed by atoms with Gasteiger partial charge in [0.25, 0.3) is 0 Å². The number of ether oxygens (including phenoxy) is 2. The number of hydrogen-bond donors (Lipinski definition) is 0. The molecule has 0 atom stereocenters. The smallest absolute Gasteiger partial charge is 0.118 e. The van der Waals surface area contributed by atoms with Gasteiger partial charge in [0.05, 0.1) is 20.3 Å². The molecule has 1 aromatic rings. The number of benzene rings is 1. The van der Waals surface area contributed by atoms with Crippen molar-refractivity contribution in [3.63, 3.8) is 0 Å². The number of allylic oxidation sites excluding steroid dienone is 1. The van der Waals surface area contributed by atoms with Crippen molar-refractivity contribution < 1.29 is 13.9 Å². The molecule has 1 aromatic carbocycles. The van der Waals surface area contributed by atoms with Gasteiger partial charge in [-0.1, -0.05) is 24.3 Å². The van der Waals surface area contributed by atoms with Gasteiger partial charge in [0, 0.05) is 0 Å². The highest BCUT2D eigenvalue weighted by Gasteiger charge is 1.93. The van der Waals surface area contributed by atoms with Crippen LogP contribution in [0.3, 0.4) is 0 Å². The molecule has 0 aliphatic heterocycles. The van der Waals surface area contributed by atoms with E-state index in [0.717, 1.165) is 11.3 Å². The van der Waals surface area contributed by atoms with Crippen LogP contribution in [0.1, 0.15) is 5.56 Å². The van der Waals surface area contributed by atoms with Crippen molar-refractivity contribution in [1.82, 2.24) is 0 Å². The molecule has 1 rings (SSSR count). The van der Waals surface area contributed by atoms with E-state index in [1.807, 2.05) is 24.3 Å². The monoisotopic (exact) mass is 210 g/mol. The number of halogens is 1. The maximum absolute atomic E-state index is 11.7. The van der Waals surface area contributed by atoms with E-state index in [1.54, 1.807) is 13.2 Å². The predicted molar refractivity (Wildman–Crippen MR) is 57.8 cm³/mol. The molecule has 0 N–H and O–H groups in total. The Morgan fingerprint density at radius 3 is 2.53 bits per heavy atom. The Bertz CT molecular complexity index is 293. The van der Waals surface area contributed by atoms with Crippen molar-refractivity contribution in [1.29, 1.82) is 0 Å². The van der Waals surface area contributed by atoms with E-state index < -0.39 is 6.67 Å². The van der Waals surface area contributed by atoms with Crippen LogP contribution in [0.5, 0.6) is 5.75 Å². The van der Waals surface area contributed by atoms with Gasteiger partial charge in [0.1, 0.15) is 12.4 Å². The highest BCUT2D eigenvalue weighted by molar-refractivity contribution is 5.26. The number of hydrogen-bond acceptors (Lipinski definition) is 2. The van der Waals surface area contributed by atoms with Gasteiger partial charge in [0.15, 0.2) is 0 Å². The Hall–Kier alpha value is -1.35. The van der Waals surface area contributed by atoms with E-state index in [-0.39, 0.29) is 0 Å². The van der Waals surface area contributed by atoms with Crippen molar-refractivity contribution in [2.75, 3.05) is 20.4 Å². The SMILES string of the molecule is COc1ccc(COC/C=C/CF)cc1. The first-order valence-electron chi connectivity index (χ1n) is 4.78. The lowest BCUT2D eigenvalue weighted by Crippen LogP contribution is -1.93. The highest BCUT2D eigenvalue weighted by Crippen LogP contribution is 2.11. The summed E-state index contributed by atoms with van der Waals surface area (Å²) in [5.74, 6) is 0.830. The third kappa shape index (κ3) is 4.61. The number of rotatable bonds is 6. The fourth-order valence-corrected chi connectivity index (χ4v) is 1.10. The standard InChI is InChI=1S/C12H15FO2/c1-14-12-6-4-11(5-7-12)10-15-9-3-2-8-13/h2-7H,8-10H2,1H3/b3-2+. The molecular weight excluding hydrogens is 195 g/mol. The molecule has 0 heterocycles. The lowest BCUT2D eigenvalue weighted by atomic mass is 10.2. The summed E-state index contributed by atoms with van der Waals surface area (Å²) in [6.07, 6.45) is 3.11. The molecule has 0 unspecified atom stereocenters. The average molecular weight is 210 g/mol. The molecule has 0 saturated heterocycles. The van der Waals surface area contributed by atoms with Crippen LogP contribution >= 0.6 is 0 Å². The molecule has 2 nitrogen and oxygen atoms in total. The molecule has 0 aromatic heterocycles. The Morgan fingerprint density at radius 2 is 1.93 bits per heavy atom. The summed E-state index contributed by atoms with van der Waals surface area (Å²) in [7, 11) is 1.63. The Labute approximate surface area is 89.3 Å². The minimum atomic E-state index is -0.439. The first-order valence-corrected chi connectivity index (χ1v) is 4.78. The number of alkyl halides is 1. The minimum Gasteiger partial charge on any atom is -0.497 e. The molecule has 0 radical (unpaired) electrons. The van der Waals surface area contributed by atoms with Gasteiger partial charge >= 0.3 is 0 Å². The quantitative estimate of drug-likeness (QED) is 0.531. The maximum atomic E-state index is 11.7. The van der Waals surface area contributed by atoms with Crippen LogP contribution < -0.4 is 4.74 Å². The summed E-state index contributed by atoms with van der Waals surface area (Å²) in [6.45, 7) is 0.530. The lowest BCUT2D eigenvalue weighted by Gasteiger charge is -2.03. The first-order chi connectivity index (χ1) is 7.36. The molecule has 0 spiro atoms. The third-order valence-electron chi connectivity index (χ3n) is 1.90. The van der Waals surface area contributed by atoms with Crippen molar-refractivity contribution in [3.8, 4) is 5.75 Å². The molecule has 82 valence electrons. The van der Waals surface area contributed by atoms with Gasteiger partial charge in [-0.2, -0.15) is 0 Å². The topological polar surface area (TPSA) is 18.5 Å². The molecule has 0 saturated carbocycles. The number of methoxy groups -OCH3 is 1. The summed E-state index contributed by atoms with van der Waals surface area (Å²) >= 11 is 0. The second-order valence-electron chi connectivity index (χ2n) is 2.99. The molecule has 15 heavy (non-hydrogen) atoms. The van der Waals surface area contributed by atoms with Crippen molar-refractivity contribution in [2.24, 2.45) is 0 Å². The highest BCUT2D eigenvalue weighted by atomic mass is 19.1. The lowest BCUT2D eigenvalue weighted by molar-refractivity contribution is 0.148. The van der Waals surface area contributed by atoms with Crippen molar-refractivity contribution in [3.05, 3.63) is 42.0 Å². The van der Waals surface area contributed by atoms with Gasteiger partial charge in [-0.05, 0) is 17.7 Å². The zero-order valence-electron chi connectivity index (χ0n) is 8.78. The van der Waals surface area contributed by atoms with Gasteiger partial charge < -0.3 is 9.47 Å². The average Bonchev–Trinajstić information content (AvgIpc) is 2.30. The van der Waals surface area contributed by atoms with Crippen LogP contribution in [0.2, 0.25) is 0 Å². The van der Waals surface area contributed by atoms with E-state index in [2.05, 4.69) is 0 Å². The predicted octanol–water partition coefficient (Wildman–Crippen LogP) is 2.74. The molecule has 0 fully saturated rings. The van der Waals surface area contributed by atoms with Gasteiger partial charge in [-0.15, -0.1) is 0 Å². The maximum Gasteiger partial charge on any atom is 0.118 e. The minimum absolute atomic E-state index is 0.439. The summed E-state index contributed by atoms with van der Waals surface area (Å²) in [5, 5.41) is 0. The Balaban J connectivity index is 2.28. The molecule has 0 amide bonds. The van der Waals surface area contributed by atoms with Crippen molar-refractivity contribution in [2.45, 2.75) is 6.61 Å². The van der Waals surface area contributed by atoms with Crippen LogP contribution in [0.4, 0.5) is 4.39 Å². The molecule has 0 bridgehead atoms. The van der Waals surface area contributed by atoms with E-state index >= 15 is 0 Å². The van der Waals surface area contributed by atoms with Crippen LogP contribution in [0.15, 0.2) is 36.4 Å². The normalized spacial score (nSPS) is 10.8. The van der Waals surface area contributed by atoms with Crippen LogP contribution in [-0.4, -0.2) is 20.4 Å². The fourth-order valence-electron chi connectivity index (χ4n) is 1.10. The van der Waals surface area contributed by atoms with E-state index in [1.165, 1.54) is 6.08 Å². The van der Waals surface area contributed by atoms with Gasteiger partial charge in [0.2, 0.25) is 0 Å².